The summed E-state index contributed by atoms with van der Waals surface area (Å²) in [6.07, 6.45) is 6.14. The van der Waals surface area contributed by atoms with Crippen molar-refractivity contribution in [1.82, 2.24) is 15.1 Å². The van der Waals surface area contributed by atoms with Crippen molar-refractivity contribution in [2.75, 3.05) is 31.6 Å². The number of carbonyl (C=O) groups excluding carboxylic acids is 1. The van der Waals surface area contributed by atoms with Crippen LogP contribution in [0.25, 0.3) is 0 Å². The van der Waals surface area contributed by atoms with E-state index < -0.39 is 0 Å². The van der Waals surface area contributed by atoms with E-state index in [4.69, 9.17) is 9.47 Å². The van der Waals surface area contributed by atoms with Crippen LogP contribution < -0.4 is 15.4 Å². The number of aromatic nitrogens is 2. The highest BCUT2D eigenvalue weighted by Crippen LogP contribution is 2.29. The van der Waals surface area contributed by atoms with Gasteiger partial charge in [-0.15, -0.1) is 12.4 Å². The average Bonchev–Trinajstić information content (AvgIpc) is 3.41. The number of hydrogen-bond donors (Lipinski definition) is 2. The Hall–Kier alpha value is -2.09. The molecule has 0 bridgehead atoms. The number of carbonyl (C=O) groups is 1. The highest BCUT2D eigenvalue weighted by molar-refractivity contribution is 5.93. The van der Waals surface area contributed by atoms with Crippen LogP contribution in [0.2, 0.25) is 0 Å². The first kappa shape index (κ1) is 20.6. The van der Waals surface area contributed by atoms with E-state index >= 15 is 0 Å². The fraction of sp³-hybridized carbons (Fsp3) is 0.500. The molecule has 0 radical (unpaired) electrons. The van der Waals surface area contributed by atoms with E-state index in [2.05, 4.69) is 15.7 Å². The molecule has 8 heteroatoms. The number of anilines is 1. The van der Waals surface area contributed by atoms with Crippen molar-refractivity contribution in [1.29, 1.82) is 0 Å². The van der Waals surface area contributed by atoms with Crippen LogP contribution in [0, 0.1) is 5.92 Å². The first-order chi connectivity index (χ1) is 13.2. The number of amides is 1. The van der Waals surface area contributed by atoms with Gasteiger partial charge in [0.15, 0.2) is 0 Å². The lowest BCUT2D eigenvalue weighted by molar-refractivity contribution is -0.119. The molecule has 28 heavy (non-hydrogen) atoms. The molecular formula is C20H27ClN4O3. The number of aryl methyl sites for hydroxylation is 1. The second-order valence-electron chi connectivity index (χ2n) is 7.28. The summed E-state index contributed by atoms with van der Waals surface area (Å²) in [5.74, 6) is 0.782. The highest BCUT2D eigenvalue weighted by atomic mass is 35.5. The zero-order valence-electron chi connectivity index (χ0n) is 16.0. The average molecular weight is 407 g/mol. The van der Waals surface area contributed by atoms with Gasteiger partial charge in [0.2, 0.25) is 5.91 Å². The Morgan fingerprint density at radius 2 is 2.32 bits per heavy atom. The minimum atomic E-state index is -0.120. The van der Waals surface area contributed by atoms with E-state index in [9.17, 15) is 4.79 Å². The zero-order valence-corrected chi connectivity index (χ0v) is 16.8. The number of nitrogens with zero attached hydrogens (tertiary/aromatic N) is 2. The fourth-order valence-electron chi connectivity index (χ4n) is 3.80. The number of benzene rings is 1. The molecule has 2 aromatic rings. The number of ether oxygens (including phenoxy) is 2. The number of rotatable bonds is 6. The van der Waals surface area contributed by atoms with E-state index in [1.807, 2.05) is 43.7 Å². The van der Waals surface area contributed by atoms with Gasteiger partial charge in [0, 0.05) is 50.6 Å². The number of halogens is 1. The maximum absolute atomic E-state index is 12.8. The Bertz CT molecular complexity index is 791. The van der Waals surface area contributed by atoms with Crippen LogP contribution in [0.3, 0.4) is 0 Å². The zero-order chi connectivity index (χ0) is 18.6. The van der Waals surface area contributed by atoms with E-state index in [0.29, 0.717) is 13.2 Å². The summed E-state index contributed by atoms with van der Waals surface area (Å²) in [6.45, 7) is 2.82. The van der Waals surface area contributed by atoms with Crippen molar-refractivity contribution in [3.05, 3.63) is 42.2 Å². The lowest BCUT2D eigenvalue weighted by Gasteiger charge is -2.17. The fourth-order valence-corrected chi connectivity index (χ4v) is 3.80. The van der Waals surface area contributed by atoms with Crippen molar-refractivity contribution >= 4 is 24.0 Å². The molecule has 2 aliphatic heterocycles. The third-order valence-electron chi connectivity index (χ3n) is 5.27. The van der Waals surface area contributed by atoms with Crippen molar-refractivity contribution < 1.29 is 14.3 Å². The van der Waals surface area contributed by atoms with Crippen molar-refractivity contribution in [3.8, 4) is 5.75 Å². The van der Waals surface area contributed by atoms with Gasteiger partial charge in [0.1, 0.15) is 12.4 Å². The molecule has 0 saturated carbocycles. The minimum absolute atomic E-state index is 0. The predicted molar refractivity (Wildman–Crippen MR) is 109 cm³/mol. The van der Waals surface area contributed by atoms with Crippen LogP contribution in [0.4, 0.5) is 5.69 Å². The summed E-state index contributed by atoms with van der Waals surface area (Å²) in [5, 5.41) is 10.6. The van der Waals surface area contributed by atoms with Crippen LogP contribution >= 0.6 is 12.4 Å². The van der Waals surface area contributed by atoms with Crippen LogP contribution in [-0.2, 0) is 16.6 Å². The van der Waals surface area contributed by atoms with Gasteiger partial charge < -0.3 is 20.1 Å². The van der Waals surface area contributed by atoms with E-state index in [-0.39, 0.29) is 36.3 Å². The summed E-state index contributed by atoms with van der Waals surface area (Å²) in [7, 11) is 1.89. The molecule has 3 atom stereocenters. The van der Waals surface area contributed by atoms with Crippen LogP contribution in [0.1, 0.15) is 24.3 Å². The van der Waals surface area contributed by atoms with Gasteiger partial charge in [-0.3, -0.25) is 9.48 Å². The van der Waals surface area contributed by atoms with Gasteiger partial charge in [-0.25, -0.2) is 0 Å². The normalized spacial score (nSPS) is 24.0. The largest absolute Gasteiger partial charge is 0.491 e. The molecule has 7 nitrogen and oxygen atoms in total. The van der Waals surface area contributed by atoms with E-state index in [1.54, 1.807) is 4.68 Å². The van der Waals surface area contributed by atoms with Gasteiger partial charge in [0.25, 0.3) is 0 Å². The molecule has 0 spiro atoms. The highest BCUT2D eigenvalue weighted by Gasteiger charge is 2.34. The standard InChI is InChI=1S/C20H26N4O3.ClH/c1-24-12-14(9-22-24)18-10-21-11-19(18)20(25)23-15-4-2-5-16(8-15)27-13-17-6-3-7-26-17;/h2,4-5,8-9,12,17-19,21H,3,6-7,10-11,13H2,1H3,(H,23,25);1H/t17?,18-,19+;/m1./s1. The van der Waals surface area contributed by atoms with Crippen molar-refractivity contribution in [2.45, 2.75) is 24.9 Å². The maximum atomic E-state index is 12.8. The smallest absolute Gasteiger partial charge is 0.229 e. The quantitative estimate of drug-likeness (QED) is 0.770. The minimum Gasteiger partial charge on any atom is -0.491 e. The van der Waals surface area contributed by atoms with Gasteiger partial charge >= 0.3 is 0 Å². The van der Waals surface area contributed by atoms with Crippen LogP contribution in [0.5, 0.6) is 5.75 Å². The molecule has 2 aliphatic rings. The summed E-state index contributed by atoms with van der Waals surface area (Å²) in [4.78, 5) is 12.8. The Morgan fingerprint density at radius 1 is 1.43 bits per heavy atom. The summed E-state index contributed by atoms with van der Waals surface area (Å²) in [5.41, 5.74) is 1.85. The van der Waals surface area contributed by atoms with Crippen LogP contribution in [-0.4, -0.2) is 48.1 Å². The molecule has 2 saturated heterocycles. The first-order valence-electron chi connectivity index (χ1n) is 9.53. The van der Waals surface area contributed by atoms with Gasteiger partial charge in [-0.05, 0) is 30.5 Å². The number of hydrogen-bond acceptors (Lipinski definition) is 5. The van der Waals surface area contributed by atoms with Gasteiger partial charge in [-0.1, -0.05) is 6.07 Å². The second kappa shape index (κ2) is 9.41. The molecule has 2 fully saturated rings. The van der Waals surface area contributed by atoms with E-state index in [0.717, 1.165) is 43.0 Å². The summed E-state index contributed by atoms with van der Waals surface area (Å²) < 4.78 is 13.2. The lowest BCUT2D eigenvalue weighted by Crippen LogP contribution is -2.28. The van der Waals surface area contributed by atoms with Gasteiger partial charge in [0.05, 0.1) is 18.2 Å². The predicted octanol–water partition coefficient (Wildman–Crippen LogP) is 2.34. The maximum Gasteiger partial charge on any atom is 0.229 e. The molecule has 152 valence electrons. The first-order valence-corrected chi connectivity index (χ1v) is 9.53. The molecule has 1 amide bonds. The van der Waals surface area contributed by atoms with Crippen LogP contribution in [0.15, 0.2) is 36.7 Å². The van der Waals surface area contributed by atoms with Gasteiger partial charge in [-0.2, -0.15) is 5.10 Å². The molecule has 1 aromatic carbocycles. The monoisotopic (exact) mass is 406 g/mol. The Kier molecular flexibility index (Phi) is 6.93. The summed E-state index contributed by atoms with van der Waals surface area (Å²) in [6, 6.07) is 7.55. The summed E-state index contributed by atoms with van der Waals surface area (Å²) >= 11 is 0. The van der Waals surface area contributed by atoms with Crippen molar-refractivity contribution in [2.24, 2.45) is 13.0 Å². The topological polar surface area (TPSA) is 77.4 Å². The molecule has 1 unspecified atom stereocenters. The second-order valence-corrected chi connectivity index (χ2v) is 7.28. The Morgan fingerprint density at radius 3 is 3.07 bits per heavy atom. The third kappa shape index (κ3) is 4.84. The molecule has 4 rings (SSSR count). The molecule has 0 aliphatic carbocycles. The molecule has 1 aromatic heterocycles. The SMILES string of the molecule is Cl.Cn1cc([C@H]2CNC[C@@H]2C(=O)Nc2cccc(OCC3CCCO3)c2)cn1. The Balaban J connectivity index is 0.00000225. The number of nitrogens with one attached hydrogen (secondary N) is 2. The Labute approximate surface area is 171 Å². The lowest BCUT2D eigenvalue weighted by atomic mass is 9.90. The molecule has 2 N–H and O–H groups in total. The molecule has 3 heterocycles. The van der Waals surface area contributed by atoms with Crippen molar-refractivity contribution in [3.63, 3.8) is 0 Å². The molecular weight excluding hydrogens is 380 g/mol. The van der Waals surface area contributed by atoms with E-state index in [1.165, 1.54) is 0 Å². The third-order valence-corrected chi connectivity index (χ3v) is 5.27.